The fraction of sp³-hybridized carbons (Fsp3) is 0.143. The van der Waals surface area contributed by atoms with Crippen LogP contribution in [0.3, 0.4) is 0 Å². The maximum atomic E-state index is 13.5. The van der Waals surface area contributed by atoms with Gasteiger partial charge in [0, 0.05) is 23.4 Å². The summed E-state index contributed by atoms with van der Waals surface area (Å²) in [5.41, 5.74) is 9.83. The smallest absolute Gasteiger partial charge is 0.274 e. The topological polar surface area (TPSA) is 143 Å². The van der Waals surface area contributed by atoms with Gasteiger partial charge in [0.2, 0.25) is 0 Å². The maximum absolute atomic E-state index is 13.5. The molecule has 5 N–H and O–H groups in total. The lowest BCUT2D eigenvalue weighted by atomic mass is 10.1. The molecule has 4 aromatic rings. The second kappa shape index (κ2) is 12.2. The quantitative estimate of drug-likeness (QED) is 0.0805. The van der Waals surface area contributed by atoms with Gasteiger partial charge >= 0.3 is 0 Å². The summed E-state index contributed by atoms with van der Waals surface area (Å²) in [5.74, 6) is -0.363. The number of fused-ring (bicyclic) bond motifs is 1. The molecule has 1 atom stereocenters. The number of pyridine rings is 1. The van der Waals surface area contributed by atoms with Gasteiger partial charge in [0.05, 0.1) is 12.3 Å². The van der Waals surface area contributed by atoms with E-state index in [4.69, 9.17) is 15.6 Å². The lowest BCUT2D eigenvalue weighted by molar-refractivity contribution is -0.112. The van der Waals surface area contributed by atoms with E-state index in [1.165, 1.54) is 17.4 Å². The molecule has 0 saturated heterocycles. The first kappa shape index (κ1) is 26.7. The average Bonchev–Trinajstić information content (AvgIpc) is 3.35. The number of rotatable bonds is 10. The first-order valence-corrected chi connectivity index (χ1v) is 12.5. The van der Waals surface area contributed by atoms with Crippen LogP contribution in [0.15, 0.2) is 96.0 Å². The monoisotopic (exact) mass is 529 g/mol. The van der Waals surface area contributed by atoms with Crippen LogP contribution in [0.25, 0.3) is 20.9 Å². The van der Waals surface area contributed by atoms with Crippen molar-refractivity contribution in [3.05, 3.63) is 102 Å². The number of aromatic nitrogens is 2. The first-order chi connectivity index (χ1) is 18.3. The zero-order chi connectivity index (χ0) is 27.1. The third-order valence-corrected chi connectivity index (χ3v) is 6.34. The van der Waals surface area contributed by atoms with Crippen molar-refractivity contribution < 1.29 is 19.7 Å². The summed E-state index contributed by atoms with van der Waals surface area (Å²) in [5, 5.41) is 22.2. The van der Waals surface area contributed by atoms with E-state index in [0.717, 1.165) is 21.5 Å². The number of allylic oxidation sites excluding steroid dienone is 1. The number of nitrogens with two attached hydrogens (primary N) is 1. The second-order valence-corrected chi connectivity index (χ2v) is 9.33. The van der Waals surface area contributed by atoms with Crippen LogP contribution in [-0.2, 0) is 9.53 Å². The molecule has 4 rings (SSSR count). The van der Waals surface area contributed by atoms with Crippen molar-refractivity contribution in [3.63, 3.8) is 0 Å². The van der Waals surface area contributed by atoms with Crippen molar-refractivity contribution in [3.8, 4) is 10.6 Å². The summed E-state index contributed by atoms with van der Waals surface area (Å²) in [6.45, 7) is 5.03. The van der Waals surface area contributed by atoms with Crippen molar-refractivity contribution in [2.45, 2.75) is 13.0 Å². The van der Waals surface area contributed by atoms with Gasteiger partial charge in [-0.1, -0.05) is 53.8 Å². The van der Waals surface area contributed by atoms with Gasteiger partial charge in [0.15, 0.2) is 0 Å². The van der Waals surface area contributed by atoms with Crippen molar-refractivity contribution in [1.82, 2.24) is 9.97 Å². The fourth-order valence-corrected chi connectivity index (χ4v) is 4.39. The number of nitrogens with one attached hydrogen (secondary N) is 1. The summed E-state index contributed by atoms with van der Waals surface area (Å²) in [6, 6.07) is 18.4. The number of aliphatic imine (C=N–C) groups is 1. The normalized spacial score (nSPS) is 12.8. The van der Waals surface area contributed by atoms with E-state index < -0.39 is 18.6 Å². The SMILES string of the molecule is C=C(/C=C(\N=C(/N)c1cccc(C)c1)C(=O)Nc1ccccc1-c1nc2cccnc2s1)OC[C@@H](O)CO. The number of aliphatic hydroxyl groups is 2. The largest absolute Gasteiger partial charge is 0.491 e. The number of hydrogen-bond donors (Lipinski definition) is 4. The lowest BCUT2D eigenvalue weighted by Crippen LogP contribution is -2.20. The molecule has 10 heteroatoms. The van der Waals surface area contributed by atoms with Crippen LogP contribution in [0.1, 0.15) is 11.1 Å². The van der Waals surface area contributed by atoms with Gasteiger partial charge in [-0.2, -0.15) is 0 Å². The van der Waals surface area contributed by atoms with E-state index in [-0.39, 0.29) is 23.9 Å². The van der Waals surface area contributed by atoms with Gasteiger partial charge in [-0.05, 0) is 37.3 Å². The predicted octanol–water partition coefficient (Wildman–Crippen LogP) is 3.78. The van der Waals surface area contributed by atoms with E-state index in [2.05, 4.69) is 26.9 Å². The number of amides is 1. The number of amidine groups is 1. The van der Waals surface area contributed by atoms with Gasteiger partial charge in [0.25, 0.3) is 5.91 Å². The molecule has 0 unspecified atom stereocenters. The summed E-state index contributed by atoms with van der Waals surface area (Å²) < 4.78 is 5.37. The van der Waals surface area contributed by atoms with E-state index in [0.29, 0.717) is 16.3 Å². The van der Waals surface area contributed by atoms with E-state index in [1.54, 1.807) is 24.4 Å². The number of para-hydroxylation sites is 1. The number of benzene rings is 2. The highest BCUT2D eigenvalue weighted by Crippen LogP contribution is 2.33. The third-order valence-electron chi connectivity index (χ3n) is 5.33. The second-order valence-electron chi connectivity index (χ2n) is 8.36. The Hall–Kier alpha value is -4.38. The molecule has 0 saturated carbocycles. The zero-order valence-corrected chi connectivity index (χ0v) is 21.5. The van der Waals surface area contributed by atoms with Crippen LogP contribution in [-0.4, -0.2) is 51.2 Å². The molecule has 0 aliphatic rings. The molecular formula is C28H27N5O4S. The number of anilines is 1. The zero-order valence-electron chi connectivity index (χ0n) is 20.7. The molecule has 0 fully saturated rings. The number of thiazole rings is 1. The lowest BCUT2D eigenvalue weighted by Gasteiger charge is -2.12. The van der Waals surface area contributed by atoms with Crippen LogP contribution in [0.4, 0.5) is 5.69 Å². The Kier molecular flexibility index (Phi) is 8.59. The number of aliphatic hydroxyl groups excluding tert-OH is 2. The van der Waals surface area contributed by atoms with Crippen LogP contribution < -0.4 is 11.1 Å². The highest BCUT2D eigenvalue weighted by Gasteiger charge is 2.17. The Balaban J connectivity index is 1.66. The van der Waals surface area contributed by atoms with Crippen molar-refractivity contribution >= 4 is 39.1 Å². The minimum absolute atomic E-state index is 0.0618. The number of aryl methyl sites for hydroxylation is 1. The molecule has 1 amide bonds. The number of nitrogens with zero attached hydrogens (tertiary/aromatic N) is 3. The Morgan fingerprint density at radius 3 is 2.82 bits per heavy atom. The predicted molar refractivity (Wildman–Crippen MR) is 150 cm³/mol. The molecule has 0 radical (unpaired) electrons. The molecule has 2 heterocycles. The van der Waals surface area contributed by atoms with Crippen LogP contribution >= 0.6 is 11.3 Å². The summed E-state index contributed by atoms with van der Waals surface area (Å²) in [7, 11) is 0. The molecule has 2 aromatic carbocycles. The van der Waals surface area contributed by atoms with Gasteiger partial charge in [-0.25, -0.2) is 15.0 Å². The Labute approximate surface area is 223 Å². The molecule has 2 aromatic heterocycles. The summed E-state index contributed by atoms with van der Waals surface area (Å²) in [6.07, 6.45) is 1.94. The van der Waals surface area contributed by atoms with Crippen molar-refractivity contribution in [2.75, 3.05) is 18.5 Å². The first-order valence-electron chi connectivity index (χ1n) is 11.7. The highest BCUT2D eigenvalue weighted by atomic mass is 32.1. The molecule has 0 aliphatic carbocycles. The fourth-order valence-electron chi connectivity index (χ4n) is 3.45. The van der Waals surface area contributed by atoms with Crippen LogP contribution in [0.5, 0.6) is 0 Å². The van der Waals surface area contributed by atoms with Gasteiger partial charge in [0.1, 0.15) is 45.4 Å². The Morgan fingerprint density at radius 2 is 2.05 bits per heavy atom. The minimum Gasteiger partial charge on any atom is -0.491 e. The molecular weight excluding hydrogens is 502 g/mol. The van der Waals surface area contributed by atoms with Gasteiger partial charge < -0.3 is 26.0 Å². The molecule has 38 heavy (non-hydrogen) atoms. The number of carbonyl (C=O) groups excluding carboxylic acids is 1. The van der Waals surface area contributed by atoms with Crippen LogP contribution in [0.2, 0.25) is 0 Å². The molecule has 0 bridgehead atoms. The molecule has 194 valence electrons. The summed E-state index contributed by atoms with van der Waals surface area (Å²) >= 11 is 1.42. The average molecular weight is 530 g/mol. The molecule has 0 aliphatic heterocycles. The number of hydrogen-bond acceptors (Lipinski definition) is 8. The van der Waals surface area contributed by atoms with Gasteiger partial charge in [-0.15, -0.1) is 0 Å². The van der Waals surface area contributed by atoms with Gasteiger partial charge in [-0.3, -0.25) is 4.79 Å². The Bertz CT molecular complexity index is 1500. The molecule has 9 nitrogen and oxygen atoms in total. The number of carbonyl (C=O) groups is 1. The van der Waals surface area contributed by atoms with Crippen LogP contribution in [0, 0.1) is 6.92 Å². The third kappa shape index (κ3) is 6.68. The Morgan fingerprint density at radius 1 is 1.24 bits per heavy atom. The molecule has 0 spiro atoms. The number of ether oxygens (including phenoxy) is 1. The minimum atomic E-state index is -1.09. The highest BCUT2D eigenvalue weighted by molar-refractivity contribution is 7.21. The maximum Gasteiger partial charge on any atom is 0.274 e. The standard InChI is InChI=1S/C28H27N5O4S/c1-17-7-5-8-19(13-17)25(29)31-24(14-18(2)37-16-20(35)15-34)26(36)32-22-10-4-3-9-21(22)27-33-23-11-6-12-30-28(23)38-27/h3-14,20,34-35H,2,15-16H2,1H3,(H2,29,31)(H,32,36)/b24-14-/t20-/m0/s1. The van der Waals surface area contributed by atoms with Crippen molar-refractivity contribution in [1.29, 1.82) is 0 Å². The van der Waals surface area contributed by atoms with E-state index in [1.807, 2.05) is 49.4 Å². The summed E-state index contributed by atoms with van der Waals surface area (Å²) in [4.78, 5) is 27.6. The van der Waals surface area contributed by atoms with E-state index >= 15 is 0 Å². The van der Waals surface area contributed by atoms with Crippen molar-refractivity contribution in [2.24, 2.45) is 10.7 Å². The van der Waals surface area contributed by atoms with E-state index in [9.17, 15) is 9.90 Å².